The molecule has 0 saturated carbocycles. The maximum absolute atomic E-state index is 2.39. The van der Waals surface area contributed by atoms with E-state index in [1.54, 1.807) is 5.29 Å². The molecule has 2 aliphatic rings. The van der Waals surface area contributed by atoms with Crippen molar-refractivity contribution in [2.24, 2.45) is 0 Å². The summed E-state index contributed by atoms with van der Waals surface area (Å²) in [6.45, 7) is 4.70. The predicted octanol–water partition coefficient (Wildman–Crippen LogP) is 4.07. The van der Waals surface area contributed by atoms with E-state index in [1.165, 1.54) is 27.5 Å². The first-order valence-corrected chi connectivity index (χ1v) is 7.47. The molecule has 1 aliphatic heterocycles. The molecule has 2 aromatic carbocycles. The van der Waals surface area contributed by atoms with Crippen LogP contribution in [0.1, 0.15) is 25.0 Å². The van der Waals surface area contributed by atoms with Crippen LogP contribution in [0.2, 0.25) is 0 Å². The summed E-state index contributed by atoms with van der Waals surface area (Å²) in [6, 6.07) is 13.5. The molecule has 88 valence electrons. The van der Waals surface area contributed by atoms with Crippen molar-refractivity contribution in [3.8, 4) is 0 Å². The Kier molecular flexibility index (Phi) is 1.89. The summed E-state index contributed by atoms with van der Waals surface area (Å²) in [7, 11) is 0.847. The molecule has 0 aromatic heterocycles. The molecule has 0 bridgehead atoms. The summed E-state index contributed by atoms with van der Waals surface area (Å²) in [5.74, 6) is 2.32. The van der Waals surface area contributed by atoms with Crippen molar-refractivity contribution >= 4 is 29.7 Å². The third-order valence-corrected chi connectivity index (χ3v) is 5.41. The highest BCUT2D eigenvalue weighted by atomic mass is 31.0. The van der Waals surface area contributed by atoms with Gasteiger partial charge < -0.3 is 0 Å². The molecule has 0 spiro atoms. The fourth-order valence-electron chi connectivity index (χ4n) is 3.22. The summed E-state index contributed by atoms with van der Waals surface area (Å²) in [5.41, 5.74) is 4.69. The lowest BCUT2D eigenvalue weighted by Crippen LogP contribution is -2.16. The van der Waals surface area contributed by atoms with Gasteiger partial charge in [0, 0.05) is 10.7 Å². The molecule has 0 amide bonds. The van der Waals surface area contributed by atoms with Crippen LogP contribution >= 0.6 is 7.83 Å². The van der Waals surface area contributed by atoms with Crippen molar-refractivity contribution in [1.82, 2.24) is 0 Å². The topological polar surface area (TPSA) is 0 Å². The van der Waals surface area contributed by atoms with Crippen molar-refractivity contribution < 1.29 is 0 Å². The number of benzene rings is 2. The normalized spacial score (nSPS) is 19.9. The quantitative estimate of drug-likeness (QED) is 0.618. The van der Waals surface area contributed by atoms with Crippen LogP contribution in [0.15, 0.2) is 48.0 Å². The number of hydrogen-bond acceptors (Lipinski definition) is 0. The molecule has 4 rings (SSSR count). The fraction of sp³-hybridized carbons (Fsp3) is 0.176. The second kappa shape index (κ2) is 3.28. The zero-order valence-corrected chi connectivity index (χ0v) is 11.6. The van der Waals surface area contributed by atoms with E-state index in [-0.39, 0.29) is 5.41 Å². The minimum atomic E-state index is 0.175. The van der Waals surface area contributed by atoms with Gasteiger partial charge in [-0.25, -0.2) is 0 Å². The largest absolute Gasteiger partial charge is 0.131 e. The van der Waals surface area contributed by atoms with Crippen molar-refractivity contribution in [2.75, 3.05) is 0 Å². The average Bonchev–Trinajstić information content (AvgIpc) is 2.92. The monoisotopic (exact) mass is 250 g/mol. The van der Waals surface area contributed by atoms with Crippen LogP contribution in [0.5, 0.6) is 0 Å². The molecule has 1 heterocycles. The van der Waals surface area contributed by atoms with Gasteiger partial charge in [-0.3, -0.25) is 0 Å². The molecule has 0 N–H and O–H groups in total. The van der Waals surface area contributed by atoms with Crippen molar-refractivity contribution in [3.63, 3.8) is 0 Å². The molecular formula is C17H15P. The van der Waals surface area contributed by atoms with Gasteiger partial charge in [-0.1, -0.05) is 44.2 Å². The Hall–Kier alpha value is -1.52. The molecule has 18 heavy (non-hydrogen) atoms. The Labute approximate surface area is 108 Å². The molecular weight excluding hydrogens is 235 g/mol. The van der Waals surface area contributed by atoms with Crippen molar-refractivity contribution in [3.05, 3.63) is 59.2 Å². The number of hydrogen-bond donors (Lipinski definition) is 0. The Morgan fingerprint density at radius 1 is 1.00 bits per heavy atom. The van der Waals surface area contributed by atoms with Gasteiger partial charge >= 0.3 is 0 Å². The second-order valence-electron chi connectivity index (χ2n) is 5.64. The van der Waals surface area contributed by atoms with E-state index in [0.717, 1.165) is 7.83 Å². The van der Waals surface area contributed by atoms with Gasteiger partial charge in [0.1, 0.15) is 0 Å². The van der Waals surface area contributed by atoms with Gasteiger partial charge in [0.2, 0.25) is 0 Å². The van der Waals surface area contributed by atoms with Gasteiger partial charge in [0.15, 0.2) is 0 Å². The molecule has 1 unspecified atom stereocenters. The lowest BCUT2D eigenvalue weighted by Gasteiger charge is -2.21. The standard InChI is InChI=1S/C17H15P/c1-17(2)14-7-8-18-16(14)13-9-11-5-3-4-6-12(11)10-15(13)17/h3-10,18H,1-2H3. The predicted molar refractivity (Wildman–Crippen MR) is 83.5 cm³/mol. The van der Waals surface area contributed by atoms with Crippen LogP contribution in [-0.2, 0) is 5.41 Å². The third-order valence-electron chi connectivity index (χ3n) is 4.25. The number of allylic oxidation sites excluding steroid dienone is 2. The molecule has 0 nitrogen and oxygen atoms in total. The Balaban J connectivity index is 2.16. The van der Waals surface area contributed by atoms with Gasteiger partial charge in [-0.2, -0.15) is 0 Å². The van der Waals surface area contributed by atoms with Gasteiger partial charge in [-0.15, -0.1) is 7.83 Å². The second-order valence-corrected chi connectivity index (χ2v) is 6.76. The van der Waals surface area contributed by atoms with Gasteiger partial charge in [0.05, 0.1) is 0 Å². The van der Waals surface area contributed by atoms with E-state index >= 15 is 0 Å². The zero-order valence-electron chi connectivity index (χ0n) is 10.6. The fourth-order valence-corrected chi connectivity index (χ4v) is 4.55. The molecule has 2 aromatic rings. The molecule has 0 saturated heterocycles. The molecule has 0 radical (unpaired) electrons. The van der Waals surface area contributed by atoms with Crippen LogP contribution in [0.3, 0.4) is 0 Å². The Morgan fingerprint density at radius 2 is 1.72 bits per heavy atom. The summed E-state index contributed by atoms with van der Waals surface area (Å²) < 4.78 is 0. The van der Waals surface area contributed by atoms with E-state index in [9.17, 15) is 0 Å². The molecule has 1 heteroatoms. The number of fused-ring (bicyclic) bond motifs is 4. The van der Waals surface area contributed by atoms with Gasteiger partial charge in [-0.05, 0) is 45.4 Å². The summed E-state index contributed by atoms with van der Waals surface area (Å²) in [5, 5.41) is 4.29. The minimum absolute atomic E-state index is 0.175. The maximum atomic E-state index is 2.39. The molecule has 1 atom stereocenters. The Morgan fingerprint density at radius 3 is 2.50 bits per heavy atom. The summed E-state index contributed by atoms with van der Waals surface area (Å²) >= 11 is 0. The van der Waals surface area contributed by atoms with E-state index in [1.807, 2.05) is 0 Å². The summed E-state index contributed by atoms with van der Waals surface area (Å²) in [4.78, 5) is 0. The number of rotatable bonds is 0. The first-order valence-electron chi connectivity index (χ1n) is 6.39. The van der Waals surface area contributed by atoms with E-state index < -0.39 is 0 Å². The molecule has 1 aliphatic carbocycles. The molecule has 0 fully saturated rings. The van der Waals surface area contributed by atoms with E-state index in [0.29, 0.717) is 0 Å². The lowest BCUT2D eigenvalue weighted by molar-refractivity contribution is 0.665. The van der Waals surface area contributed by atoms with E-state index in [4.69, 9.17) is 0 Å². The van der Waals surface area contributed by atoms with Crippen LogP contribution in [-0.4, -0.2) is 11.1 Å². The highest BCUT2D eigenvalue weighted by molar-refractivity contribution is 7.44. The highest BCUT2D eigenvalue weighted by Crippen LogP contribution is 2.46. The first kappa shape index (κ1) is 10.4. The Bertz CT molecular complexity index is 784. The maximum Gasteiger partial charge on any atom is 0.0162 e. The SMILES string of the molecule is CC1(C)C2=CC=[PH]=C2c2cc3ccccc3cc21. The van der Waals surface area contributed by atoms with E-state index in [2.05, 4.69) is 62.1 Å². The van der Waals surface area contributed by atoms with Crippen LogP contribution < -0.4 is 0 Å². The van der Waals surface area contributed by atoms with Crippen LogP contribution in [0, 0.1) is 0 Å². The smallest absolute Gasteiger partial charge is 0.0162 e. The highest BCUT2D eigenvalue weighted by Gasteiger charge is 2.38. The third kappa shape index (κ3) is 1.17. The van der Waals surface area contributed by atoms with Crippen molar-refractivity contribution in [2.45, 2.75) is 19.3 Å². The summed E-state index contributed by atoms with van der Waals surface area (Å²) in [6.07, 6.45) is 2.33. The minimum Gasteiger partial charge on any atom is -0.131 e. The van der Waals surface area contributed by atoms with Crippen molar-refractivity contribution in [1.29, 1.82) is 0 Å². The zero-order chi connectivity index (χ0) is 12.3. The van der Waals surface area contributed by atoms with Crippen LogP contribution in [0.4, 0.5) is 0 Å². The van der Waals surface area contributed by atoms with Gasteiger partial charge in [0.25, 0.3) is 0 Å². The first-order chi connectivity index (χ1) is 8.68. The lowest BCUT2D eigenvalue weighted by atomic mass is 9.82. The van der Waals surface area contributed by atoms with Crippen LogP contribution in [0.25, 0.3) is 10.8 Å². The average molecular weight is 250 g/mol.